The number of tetrazole rings is 1. The van der Waals surface area contributed by atoms with E-state index in [0.717, 1.165) is 28.9 Å². The minimum atomic E-state index is -0.609. The molecule has 4 aromatic rings. The number of hydrogen-bond donors (Lipinski definition) is 1. The summed E-state index contributed by atoms with van der Waals surface area (Å²) in [4.78, 5) is 12.6. The summed E-state index contributed by atoms with van der Waals surface area (Å²) in [5.74, 6) is -0.914. The Hall–Kier alpha value is -3.80. The third-order valence-corrected chi connectivity index (χ3v) is 6.62. The van der Waals surface area contributed by atoms with Crippen LogP contribution in [0.25, 0.3) is 5.69 Å². The molecule has 12 heteroatoms. The third kappa shape index (κ3) is 5.70. The molecule has 2 aromatic carbocycles. The normalized spacial score (nSPS) is 11.0. The van der Waals surface area contributed by atoms with Gasteiger partial charge < -0.3 is 10.1 Å². The molecule has 0 saturated heterocycles. The average molecular weight is 514 g/mol. The summed E-state index contributed by atoms with van der Waals surface area (Å²) >= 11 is 1.22. The van der Waals surface area contributed by atoms with E-state index in [1.54, 1.807) is 21.6 Å². The van der Waals surface area contributed by atoms with Gasteiger partial charge >= 0.3 is 0 Å². The van der Waals surface area contributed by atoms with Gasteiger partial charge in [-0.3, -0.25) is 4.79 Å². The van der Waals surface area contributed by atoms with Crippen LogP contribution >= 0.6 is 11.8 Å². The molecule has 188 valence electrons. The molecule has 9 nitrogen and oxygen atoms in total. The van der Waals surface area contributed by atoms with Gasteiger partial charge in [0, 0.05) is 18.7 Å². The number of amides is 1. The predicted molar refractivity (Wildman–Crippen MR) is 131 cm³/mol. The summed E-state index contributed by atoms with van der Waals surface area (Å²) in [7, 11) is 1.29. The maximum absolute atomic E-state index is 14.2. The van der Waals surface area contributed by atoms with Crippen molar-refractivity contribution >= 4 is 23.5 Å². The van der Waals surface area contributed by atoms with E-state index in [1.807, 2.05) is 32.0 Å². The van der Waals surface area contributed by atoms with Gasteiger partial charge in [-0.1, -0.05) is 23.9 Å². The highest BCUT2D eigenvalue weighted by Gasteiger charge is 2.15. The molecule has 0 radical (unpaired) electrons. The number of thioether (sulfide) groups is 1. The number of nitrogens with one attached hydrogen (secondary N) is 1. The van der Waals surface area contributed by atoms with Crippen LogP contribution in [0.5, 0.6) is 5.75 Å². The third-order valence-electron chi connectivity index (χ3n) is 5.70. The Morgan fingerprint density at radius 3 is 2.81 bits per heavy atom. The van der Waals surface area contributed by atoms with Crippen molar-refractivity contribution in [3.8, 4) is 11.4 Å². The molecule has 2 heterocycles. The lowest BCUT2D eigenvalue weighted by Gasteiger charge is -2.11. The topological polar surface area (TPSA) is 99.8 Å². The standard InChI is InChI=1S/C24H25F2N7O2S/c1-15-6-4-8-20(16(15)2)33-24(29-30-31-33)36-14-23(34)28-22-9-10-27-32(22)11-5-7-17-12-19(26)21(35-3)13-18(17)25/h4,6,8-10,12-13H,5,7,11,14H2,1-3H3,(H,28,34). The van der Waals surface area contributed by atoms with Crippen LogP contribution in [0.1, 0.15) is 23.1 Å². The number of rotatable bonds is 10. The van der Waals surface area contributed by atoms with E-state index in [0.29, 0.717) is 30.4 Å². The molecule has 0 saturated carbocycles. The Morgan fingerprint density at radius 2 is 2.00 bits per heavy atom. The highest BCUT2D eigenvalue weighted by Crippen LogP contribution is 2.24. The number of benzene rings is 2. The maximum Gasteiger partial charge on any atom is 0.235 e. The number of carbonyl (C=O) groups excluding carboxylic acids is 1. The van der Waals surface area contributed by atoms with Gasteiger partial charge in [0.25, 0.3) is 0 Å². The summed E-state index contributed by atoms with van der Waals surface area (Å²) in [5, 5.41) is 19.4. The number of carbonyl (C=O) groups is 1. The zero-order chi connectivity index (χ0) is 25.7. The Morgan fingerprint density at radius 1 is 1.17 bits per heavy atom. The van der Waals surface area contributed by atoms with Gasteiger partial charge in [0.05, 0.1) is 24.7 Å². The Bertz CT molecular complexity index is 1370. The fourth-order valence-electron chi connectivity index (χ4n) is 3.65. The van der Waals surface area contributed by atoms with E-state index < -0.39 is 11.6 Å². The van der Waals surface area contributed by atoms with Crippen LogP contribution in [0.2, 0.25) is 0 Å². The quantitative estimate of drug-likeness (QED) is 0.318. The number of nitrogens with zero attached hydrogens (tertiary/aromatic N) is 6. The van der Waals surface area contributed by atoms with Crippen LogP contribution in [0.15, 0.2) is 47.8 Å². The summed E-state index contributed by atoms with van der Waals surface area (Å²) in [6.07, 6.45) is 2.36. The van der Waals surface area contributed by atoms with Crippen LogP contribution in [-0.4, -0.2) is 48.8 Å². The summed E-state index contributed by atoms with van der Waals surface area (Å²) in [6.45, 7) is 4.42. The van der Waals surface area contributed by atoms with E-state index in [1.165, 1.54) is 18.9 Å². The zero-order valence-corrected chi connectivity index (χ0v) is 20.9. The zero-order valence-electron chi connectivity index (χ0n) is 20.0. The highest BCUT2D eigenvalue weighted by molar-refractivity contribution is 7.99. The average Bonchev–Trinajstić information content (AvgIpc) is 3.51. The van der Waals surface area contributed by atoms with Crippen molar-refractivity contribution in [2.24, 2.45) is 0 Å². The molecular formula is C24H25F2N7O2S. The van der Waals surface area contributed by atoms with Gasteiger partial charge in [-0.25, -0.2) is 13.5 Å². The van der Waals surface area contributed by atoms with Gasteiger partial charge in [-0.15, -0.1) is 5.10 Å². The van der Waals surface area contributed by atoms with Crippen molar-refractivity contribution in [1.29, 1.82) is 0 Å². The van der Waals surface area contributed by atoms with Crippen molar-refractivity contribution in [1.82, 2.24) is 30.0 Å². The van der Waals surface area contributed by atoms with Crippen molar-refractivity contribution in [3.63, 3.8) is 0 Å². The molecule has 0 fully saturated rings. The molecule has 36 heavy (non-hydrogen) atoms. The minimum absolute atomic E-state index is 0.0900. The Balaban J connectivity index is 1.33. The molecule has 0 aliphatic rings. The van der Waals surface area contributed by atoms with Gasteiger partial charge in [0.2, 0.25) is 11.1 Å². The lowest BCUT2D eigenvalue weighted by molar-refractivity contribution is -0.113. The van der Waals surface area contributed by atoms with Gasteiger partial charge in [-0.05, 0) is 65.9 Å². The van der Waals surface area contributed by atoms with E-state index in [2.05, 4.69) is 25.9 Å². The first-order valence-corrected chi connectivity index (χ1v) is 12.2. The van der Waals surface area contributed by atoms with E-state index in [4.69, 9.17) is 4.74 Å². The van der Waals surface area contributed by atoms with Crippen LogP contribution in [0, 0.1) is 25.5 Å². The summed E-state index contributed by atoms with van der Waals surface area (Å²) in [5.41, 5.74) is 3.28. The molecule has 1 amide bonds. The maximum atomic E-state index is 14.2. The van der Waals surface area contributed by atoms with Gasteiger partial charge in [0.15, 0.2) is 11.6 Å². The van der Waals surface area contributed by atoms with Crippen LogP contribution < -0.4 is 10.1 Å². The number of aryl methyl sites for hydroxylation is 3. The first-order valence-electron chi connectivity index (χ1n) is 11.2. The SMILES string of the molecule is COc1cc(F)c(CCCn2nccc2NC(=O)CSc2nnnn2-c2cccc(C)c2C)cc1F. The number of ether oxygens (including phenoxy) is 1. The highest BCUT2D eigenvalue weighted by atomic mass is 32.2. The molecule has 0 spiro atoms. The molecular weight excluding hydrogens is 488 g/mol. The molecule has 0 bridgehead atoms. The predicted octanol–water partition coefficient (Wildman–Crippen LogP) is 4.13. The summed E-state index contributed by atoms with van der Waals surface area (Å²) in [6, 6.07) is 9.73. The van der Waals surface area contributed by atoms with Crippen molar-refractivity contribution in [2.75, 3.05) is 18.2 Å². The van der Waals surface area contributed by atoms with Crippen LogP contribution in [0.3, 0.4) is 0 Å². The van der Waals surface area contributed by atoms with E-state index in [9.17, 15) is 13.6 Å². The van der Waals surface area contributed by atoms with Gasteiger partial charge in [0.1, 0.15) is 11.6 Å². The Labute approximate surface area is 210 Å². The van der Waals surface area contributed by atoms with E-state index in [-0.39, 0.29) is 23.0 Å². The molecule has 0 atom stereocenters. The largest absolute Gasteiger partial charge is 0.494 e. The molecule has 0 unspecified atom stereocenters. The van der Waals surface area contributed by atoms with Crippen LogP contribution in [0.4, 0.5) is 14.6 Å². The minimum Gasteiger partial charge on any atom is -0.494 e. The number of methoxy groups -OCH3 is 1. The van der Waals surface area contributed by atoms with Crippen molar-refractivity contribution in [2.45, 2.75) is 38.4 Å². The van der Waals surface area contributed by atoms with Crippen molar-refractivity contribution < 1.29 is 18.3 Å². The van der Waals surface area contributed by atoms with Crippen LogP contribution in [-0.2, 0) is 17.8 Å². The fourth-order valence-corrected chi connectivity index (χ4v) is 4.33. The fraction of sp³-hybridized carbons (Fsp3) is 0.292. The second-order valence-electron chi connectivity index (χ2n) is 8.05. The monoisotopic (exact) mass is 513 g/mol. The number of hydrogen-bond acceptors (Lipinski definition) is 7. The smallest absolute Gasteiger partial charge is 0.235 e. The van der Waals surface area contributed by atoms with Gasteiger partial charge in [-0.2, -0.15) is 9.78 Å². The molecule has 0 aliphatic heterocycles. The lowest BCUT2D eigenvalue weighted by Crippen LogP contribution is -2.18. The molecule has 2 aromatic heterocycles. The summed E-state index contributed by atoms with van der Waals surface area (Å²) < 4.78 is 36.1. The first kappa shape index (κ1) is 25.3. The number of halogens is 2. The second-order valence-corrected chi connectivity index (χ2v) is 8.99. The second kappa shape index (κ2) is 11.3. The molecule has 4 rings (SSSR count). The first-order chi connectivity index (χ1) is 17.4. The number of anilines is 1. The number of aromatic nitrogens is 6. The van der Waals surface area contributed by atoms with E-state index >= 15 is 0 Å². The Kier molecular flexibility index (Phi) is 7.93. The lowest BCUT2D eigenvalue weighted by atomic mass is 10.1. The molecule has 0 aliphatic carbocycles. The molecule has 1 N–H and O–H groups in total. The van der Waals surface area contributed by atoms with Crippen molar-refractivity contribution in [3.05, 3.63) is 70.9 Å².